The van der Waals surface area contributed by atoms with Crippen molar-refractivity contribution in [2.75, 3.05) is 19.5 Å². The van der Waals surface area contributed by atoms with Crippen LogP contribution in [0.25, 0.3) is 6.08 Å². The van der Waals surface area contributed by atoms with Crippen LogP contribution in [0.4, 0.5) is 5.69 Å². The van der Waals surface area contributed by atoms with Crippen LogP contribution in [0.5, 0.6) is 17.2 Å². The Morgan fingerprint density at radius 3 is 2.57 bits per heavy atom. The number of anilines is 1. The molecule has 0 heterocycles. The van der Waals surface area contributed by atoms with Crippen molar-refractivity contribution in [1.29, 1.82) is 0 Å². The molecule has 2 aromatic rings. The van der Waals surface area contributed by atoms with Crippen molar-refractivity contribution in [2.45, 2.75) is 6.92 Å². The Morgan fingerprint density at radius 2 is 1.91 bits per heavy atom. The molecule has 0 saturated heterocycles. The molecule has 2 aromatic carbocycles. The van der Waals surface area contributed by atoms with Crippen molar-refractivity contribution in [3.8, 4) is 17.2 Å². The van der Waals surface area contributed by atoms with Gasteiger partial charge < -0.3 is 19.9 Å². The molecule has 1 amide bonds. The van der Waals surface area contributed by atoms with Gasteiger partial charge >= 0.3 is 0 Å². The summed E-state index contributed by atoms with van der Waals surface area (Å²) in [4.78, 5) is 12.0. The van der Waals surface area contributed by atoms with Gasteiger partial charge in [-0.1, -0.05) is 0 Å². The summed E-state index contributed by atoms with van der Waals surface area (Å²) in [6.45, 7) is 1.81. The number of benzene rings is 2. The van der Waals surface area contributed by atoms with Crippen LogP contribution in [0.1, 0.15) is 11.1 Å². The summed E-state index contributed by atoms with van der Waals surface area (Å²) in [6, 6.07) is 10.1. The molecular weight excluding hydrogens is 294 g/mol. The van der Waals surface area contributed by atoms with Gasteiger partial charge in [-0.05, 0) is 55.0 Å². The molecule has 5 nitrogen and oxygen atoms in total. The third-order valence-corrected chi connectivity index (χ3v) is 3.32. The highest BCUT2D eigenvalue weighted by Gasteiger charge is 2.05. The number of hydrogen-bond acceptors (Lipinski definition) is 4. The first-order valence-electron chi connectivity index (χ1n) is 7.04. The topological polar surface area (TPSA) is 67.8 Å². The quantitative estimate of drug-likeness (QED) is 0.656. The second-order valence-corrected chi connectivity index (χ2v) is 4.93. The van der Waals surface area contributed by atoms with E-state index >= 15 is 0 Å². The second kappa shape index (κ2) is 7.35. The Hall–Kier alpha value is -2.95. The number of phenolic OH excluding ortho intramolecular Hbond substituents is 1. The molecule has 0 fully saturated rings. The Balaban J connectivity index is 2.14. The molecule has 0 saturated carbocycles. The number of methoxy groups -OCH3 is 2. The van der Waals surface area contributed by atoms with E-state index in [1.165, 1.54) is 12.1 Å². The van der Waals surface area contributed by atoms with Gasteiger partial charge in [0.05, 0.1) is 14.2 Å². The number of aromatic hydroxyl groups is 1. The SMILES string of the molecule is COc1ccc(OC)c(/C=C/C(=O)Nc2ccc(O)cc2C)c1. The monoisotopic (exact) mass is 313 g/mol. The fourth-order valence-electron chi connectivity index (χ4n) is 2.10. The summed E-state index contributed by atoms with van der Waals surface area (Å²) in [5.41, 5.74) is 2.17. The summed E-state index contributed by atoms with van der Waals surface area (Å²) >= 11 is 0. The normalized spacial score (nSPS) is 10.6. The van der Waals surface area contributed by atoms with E-state index in [0.717, 1.165) is 11.1 Å². The number of carbonyl (C=O) groups is 1. The van der Waals surface area contributed by atoms with E-state index in [-0.39, 0.29) is 11.7 Å². The van der Waals surface area contributed by atoms with E-state index in [2.05, 4.69) is 5.32 Å². The summed E-state index contributed by atoms with van der Waals surface area (Å²) in [5, 5.41) is 12.1. The van der Waals surface area contributed by atoms with Crippen molar-refractivity contribution >= 4 is 17.7 Å². The standard InChI is InChI=1S/C18H19NO4/c1-12-10-14(20)5-7-16(12)19-18(21)9-4-13-11-15(22-2)6-8-17(13)23-3/h4-11,20H,1-3H3,(H,19,21)/b9-4+. The maximum absolute atomic E-state index is 12.0. The molecule has 0 atom stereocenters. The van der Waals surface area contributed by atoms with Crippen LogP contribution in [-0.4, -0.2) is 25.2 Å². The van der Waals surface area contributed by atoms with Gasteiger partial charge in [0.1, 0.15) is 17.2 Å². The Labute approximate surface area is 135 Å². The highest BCUT2D eigenvalue weighted by atomic mass is 16.5. The van der Waals surface area contributed by atoms with E-state index in [0.29, 0.717) is 17.2 Å². The number of phenols is 1. The van der Waals surface area contributed by atoms with Crippen LogP contribution in [0.2, 0.25) is 0 Å². The molecule has 2 rings (SSSR count). The Kier molecular flexibility index (Phi) is 5.25. The van der Waals surface area contributed by atoms with Crippen LogP contribution in [0, 0.1) is 6.92 Å². The number of ether oxygens (including phenoxy) is 2. The molecule has 120 valence electrons. The minimum absolute atomic E-state index is 0.164. The summed E-state index contributed by atoms with van der Waals surface area (Å²) in [5.74, 6) is 1.22. The van der Waals surface area contributed by atoms with Crippen LogP contribution in [0.3, 0.4) is 0 Å². The van der Waals surface area contributed by atoms with Crippen molar-refractivity contribution < 1.29 is 19.4 Å². The van der Waals surface area contributed by atoms with Crippen molar-refractivity contribution in [3.63, 3.8) is 0 Å². The van der Waals surface area contributed by atoms with Gasteiger partial charge in [0.25, 0.3) is 0 Å². The minimum atomic E-state index is -0.274. The van der Waals surface area contributed by atoms with E-state index in [9.17, 15) is 9.90 Å². The third kappa shape index (κ3) is 4.26. The first-order valence-corrected chi connectivity index (χ1v) is 7.04. The molecule has 0 aliphatic carbocycles. The van der Waals surface area contributed by atoms with Crippen molar-refractivity contribution in [3.05, 3.63) is 53.6 Å². The van der Waals surface area contributed by atoms with Gasteiger partial charge in [-0.3, -0.25) is 4.79 Å². The molecule has 5 heteroatoms. The van der Waals surface area contributed by atoms with Gasteiger partial charge in [0.2, 0.25) is 5.91 Å². The number of nitrogens with one attached hydrogen (secondary N) is 1. The molecule has 0 aliphatic rings. The molecule has 0 aliphatic heterocycles. The lowest BCUT2D eigenvalue weighted by atomic mass is 10.1. The van der Waals surface area contributed by atoms with Gasteiger partial charge in [-0.25, -0.2) is 0 Å². The number of rotatable bonds is 5. The fourth-order valence-corrected chi connectivity index (χ4v) is 2.10. The number of hydrogen-bond donors (Lipinski definition) is 2. The maximum Gasteiger partial charge on any atom is 0.248 e. The van der Waals surface area contributed by atoms with Gasteiger partial charge in [0, 0.05) is 17.3 Å². The fraction of sp³-hybridized carbons (Fsp3) is 0.167. The number of carbonyl (C=O) groups excluding carboxylic acids is 1. The zero-order valence-electron chi connectivity index (χ0n) is 13.3. The Bertz CT molecular complexity index is 738. The van der Waals surface area contributed by atoms with E-state index in [1.54, 1.807) is 50.6 Å². The van der Waals surface area contributed by atoms with Gasteiger partial charge in [0.15, 0.2) is 0 Å². The second-order valence-electron chi connectivity index (χ2n) is 4.93. The molecular formula is C18H19NO4. The highest BCUT2D eigenvalue weighted by molar-refractivity contribution is 6.02. The lowest BCUT2D eigenvalue weighted by Crippen LogP contribution is -2.08. The largest absolute Gasteiger partial charge is 0.508 e. The van der Waals surface area contributed by atoms with E-state index < -0.39 is 0 Å². The van der Waals surface area contributed by atoms with Gasteiger partial charge in [-0.15, -0.1) is 0 Å². The lowest BCUT2D eigenvalue weighted by molar-refractivity contribution is -0.111. The first kappa shape index (κ1) is 16.4. The van der Waals surface area contributed by atoms with Crippen LogP contribution < -0.4 is 14.8 Å². The Morgan fingerprint density at radius 1 is 1.13 bits per heavy atom. The summed E-state index contributed by atoms with van der Waals surface area (Å²) in [7, 11) is 3.15. The highest BCUT2D eigenvalue weighted by Crippen LogP contribution is 2.25. The van der Waals surface area contributed by atoms with Crippen LogP contribution in [0.15, 0.2) is 42.5 Å². The van der Waals surface area contributed by atoms with Crippen molar-refractivity contribution in [2.24, 2.45) is 0 Å². The number of aryl methyl sites for hydroxylation is 1. The molecule has 0 spiro atoms. The van der Waals surface area contributed by atoms with Crippen LogP contribution >= 0.6 is 0 Å². The van der Waals surface area contributed by atoms with E-state index in [4.69, 9.17) is 9.47 Å². The first-order chi connectivity index (χ1) is 11.0. The molecule has 0 aromatic heterocycles. The molecule has 2 N–H and O–H groups in total. The smallest absolute Gasteiger partial charge is 0.248 e. The molecule has 0 radical (unpaired) electrons. The summed E-state index contributed by atoms with van der Waals surface area (Å²) < 4.78 is 10.4. The predicted octanol–water partition coefficient (Wildman–Crippen LogP) is 3.37. The van der Waals surface area contributed by atoms with E-state index in [1.807, 2.05) is 6.92 Å². The molecule has 0 unspecified atom stereocenters. The lowest BCUT2D eigenvalue weighted by Gasteiger charge is -2.08. The van der Waals surface area contributed by atoms with Crippen molar-refractivity contribution in [1.82, 2.24) is 0 Å². The maximum atomic E-state index is 12.0. The molecule has 23 heavy (non-hydrogen) atoms. The van der Waals surface area contributed by atoms with Crippen LogP contribution in [-0.2, 0) is 4.79 Å². The van der Waals surface area contributed by atoms with Gasteiger partial charge in [-0.2, -0.15) is 0 Å². The predicted molar refractivity (Wildman–Crippen MR) is 90.1 cm³/mol. The number of amides is 1. The third-order valence-electron chi connectivity index (χ3n) is 3.32. The minimum Gasteiger partial charge on any atom is -0.508 e. The average Bonchev–Trinajstić information content (AvgIpc) is 2.55. The zero-order valence-corrected chi connectivity index (χ0v) is 13.3. The molecule has 0 bridgehead atoms. The zero-order chi connectivity index (χ0) is 16.8. The summed E-state index contributed by atoms with van der Waals surface area (Å²) in [6.07, 6.45) is 3.08. The average molecular weight is 313 g/mol.